The van der Waals surface area contributed by atoms with Gasteiger partial charge in [0.25, 0.3) is 0 Å². The number of nitrogens with zero attached hydrogens (tertiary/aromatic N) is 3. The van der Waals surface area contributed by atoms with Crippen LogP contribution in [0.3, 0.4) is 0 Å². The summed E-state index contributed by atoms with van der Waals surface area (Å²) in [5.74, 6) is 0.0601. The van der Waals surface area contributed by atoms with Crippen molar-refractivity contribution in [2.45, 2.75) is 18.6 Å². The van der Waals surface area contributed by atoms with E-state index >= 15 is 0 Å². The molecule has 1 fully saturated rings. The number of esters is 1. The van der Waals surface area contributed by atoms with Crippen LogP contribution in [0.25, 0.3) is 0 Å². The normalized spacial score (nSPS) is 20.0. The fraction of sp³-hybridized carbons (Fsp3) is 0.389. The highest BCUT2D eigenvalue weighted by Crippen LogP contribution is 2.36. The number of rotatable bonds is 6. The predicted molar refractivity (Wildman–Crippen MR) is 91.9 cm³/mol. The molecule has 1 aromatic carbocycles. The zero-order valence-corrected chi connectivity index (χ0v) is 14.9. The molecular formula is C18H21N3O5. The summed E-state index contributed by atoms with van der Waals surface area (Å²) in [5, 5.41) is 1.70. The van der Waals surface area contributed by atoms with Crippen LogP contribution >= 0.6 is 0 Å². The maximum Gasteiger partial charge on any atom is 0.338 e. The second-order valence-electron chi connectivity index (χ2n) is 5.81. The zero-order valence-electron chi connectivity index (χ0n) is 14.9. The van der Waals surface area contributed by atoms with Crippen LogP contribution in [0.1, 0.15) is 28.4 Å². The van der Waals surface area contributed by atoms with E-state index in [1.54, 1.807) is 42.6 Å². The lowest BCUT2D eigenvalue weighted by molar-refractivity contribution is -0.154. The zero-order chi connectivity index (χ0) is 18.5. The minimum Gasteiger partial charge on any atom is -0.481 e. The van der Waals surface area contributed by atoms with E-state index in [9.17, 15) is 4.79 Å². The largest absolute Gasteiger partial charge is 0.481 e. The lowest BCUT2D eigenvalue weighted by Gasteiger charge is -2.19. The molecule has 26 heavy (non-hydrogen) atoms. The maximum absolute atomic E-state index is 12.1. The summed E-state index contributed by atoms with van der Waals surface area (Å²) >= 11 is 0. The van der Waals surface area contributed by atoms with E-state index < -0.39 is 0 Å². The molecule has 0 aliphatic carbocycles. The Hall–Kier alpha value is -2.71. The molecule has 1 aliphatic heterocycles. The van der Waals surface area contributed by atoms with Gasteiger partial charge in [-0.15, -0.1) is 0 Å². The number of hydrogen-bond donors (Lipinski definition) is 0. The average Bonchev–Trinajstić information content (AvgIpc) is 3.06. The van der Waals surface area contributed by atoms with Gasteiger partial charge >= 0.3 is 12.0 Å². The Kier molecular flexibility index (Phi) is 5.65. The van der Waals surface area contributed by atoms with Crippen LogP contribution in [0, 0.1) is 0 Å². The van der Waals surface area contributed by atoms with Crippen molar-refractivity contribution in [3.05, 3.63) is 47.7 Å². The number of hydroxylamine groups is 2. The Balaban J connectivity index is 1.64. The second-order valence-corrected chi connectivity index (χ2v) is 5.81. The third kappa shape index (κ3) is 3.92. The third-order valence-corrected chi connectivity index (χ3v) is 4.14. The molecule has 2 atom stereocenters. The number of carbonyl (C=O) groups is 1. The van der Waals surface area contributed by atoms with Crippen molar-refractivity contribution in [3.8, 4) is 11.9 Å². The molecule has 1 aromatic heterocycles. The highest BCUT2D eigenvalue weighted by Gasteiger charge is 2.35. The van der Waals surface area contributed by atoms with Gasteiger partial charge in [-0.05, 0) is 12.1 Å². The number of benzene rings is 1. The average molecular weight is 359 g/mol. The summed E-state index contributed by atoms with van der Waals surface area (Å²) in [5.41, 5.74) is 1.30. The van der Waals surface area contributed by atoms with Crippen LogP contribution in [-0.2, 0) is 9.57 Å². The van der Waals surface area contributed by atoms with Crippen molar-refractivity contribution in [3.63, 3.8) is 0 Å². The van der Waals surface area contributed by atoms with E-state index in [2.05, 4.69) is 9.97 Å². The first-order chi connectivity index (χ1) is 12.6. The van der Waals surface area contributed by atoms with E-state index in [4.69, 9.17) is 19.0 Å². The monoisotopic (exact) mass is 359 g/mol. The molecule has 0 amide bonds. The molecule has 0 radical (unpaired) electrons. The lowest BCUT2D eigenvalue weighted by atomic mass is 10.0. The van der Waals surface area contributed by atoms with Gasteiger partial charge in [-0.25, -0.2) is 9.78 Å². The van der Waals surface area contributed by atoms with Gasteiger partial charge in [-0.3, -0.25) is 4.84 Å². The van der Waals surface area contributed by atoms with Gasteiger partial charge < -0.3 is 14.2 Å². The second kappa shape index (κ2) is 8.11. The van der Waals surface area contributed by atoms with Crippen LogP contribution < -0.4 is 9.47 Å². The van der Waals surface area contributed by atoms with Crippen LogP contribution in [0.5, 0.6) is 11.9 Å². The van der Waals surface area contributed by atoms with Gasteiger partial charge in [0.2, 0.25) is 5.88 Å². The van der Waals surface area contributed by atoms with Gasteiger partial charge in [-0.2, -0.15) is 10.0 Å². The number of methoxy groups -OCH3 is 2. The molecule has 1 aliphatic rings. The molecule has 0 spiro atoms. The number of carbonyl (C=O) groups excluding carboxylic acids is 1. The summed E-state index contributed by atoms with van der Waals surface area (Å²) < 4.78 is 15.7. The summed E-state index contributed by atoms with van der Waals surface area (Å²) in [6.07, 6.45) is 2.02. The summed E-state index contributed by atoms with van der Waals surface area (Å²) in [6.45, 7) is 0.161. The Morgan fingerprint density at radius 2 is 2.04 bits per heavy atom. The highest BCUT2D eigenvalue weighted by molar-refractivity contribution is 5.89. The summed E-state index contributed by atoms with van der Waals surface area (Å²) in [7, 11) is 4.85. The van der Waals surface area contributed by atoms with E-state index in [-0.39, 0.29) is 30.7 Å². The van der Waals surface area contributed by atoms with Crippen LogP contribution in [-0.4, -0.2) is 55.0 Å². The lowest BCUT2D eigenvalue weighted by Crippen LogP contribution is -2.21. The molecule has 138 valence electrons. The molecule has 8 nitrogen and oxygen atoms in total. The summed E-state index contributed by atoms with van der Waals surface area (Å²) in [4.78, 5) is 26.2. The van der Waals surface area contributed by atoms with Crippen LogP contribution in [0.4, 0.5) is 0 Å². The molecule has 2 heterocycles. The molecule has 1 saturated heterocycles. The number of aromatic nitrogens is 2. The first kappa shape index (κ1) is 18.1. The fourth-order valence-electron chi connectivity index (χ4n) is 2.85. The van der Waals surface area contributed by atoms with E-state index in [0.29, 0.717) is 17.9 Å². The minimum atomic E-state index is -0.370. The van der Waals surface area contributed by atoms with E-state index in [1.165, 1.54) is 7.11 Å². The predicted octanol–water partition coefficient (Wildman–Crippen LogP) is 2.03. The fourth-order valence-corrected chi connectivity index (χ4v) is 2.85. The molecule has 8 heteroatoms. The van der Waals surface area contributed by atoms with Gasteiger partial charge in [0.15, 0.2) is 0 Å². The van der Waals surface area contributed by atoms with Gasteiger partial charge in [-0.1, -0.05) is 18.2 Å². The quantitative estimate of drug-likeness (QED) is 0.725. The summed E-state index contributed by atoms with van der Waals surface area (Å²) in [6, 6.07) is 8.99. The topological polar surface area (TPSA) is 83.0 Å². The Morgan fingerprint density at radius 3 is 2.73 bits per heavy atom. The first-order valence-electron chi connectivity index (χ1n) is 8.19. The van der Waals surface area contributed by atoms with Gasteiger partial charge in [0, 0.05) is 19.7 Å². The Bertz CT molecular complexity index is 756. The maximum atomic E-state index is 12.1. The minimum absolute atomic E-state index is 0.115. The van der Waals surface area contributed by atoms with E-state index in [1.807, 2.05) is 13.1 Å². The van der Waals surface area contributed by atoms with Crippen molar-refractivity contribution < 1.29 is 23.8 Å². The standard InChI is InChI=1S/C18H21N3O5/c1-21-15(14-10-19-18(24-3)20-16(14)23-2)9-13(26-21)11-25-17(22)12-7-5-4-6-8-12/h4-8,10,13,15H,9,11H2,1-3H3/t13-,15-/m0/s1. The van der Waals surface area contributed by atoms with Crippen molar-refractivity contribution in [2.75, 3.05) is 27.9 Å². The molecule has 3 rings (SSSR count). The van der Waals surface area contributed by atoms with Crippen molar-refractivity contribution in [1.29, 1.82) is 0 Å². The smallest absolute Gasteiger partial charge is 0.338 e. The highest BCUT2D eigenvalue weighted by atomic mass is 16.7. The molecule has 0 unspecified atom stereocenters. The molecule has 0 bridgehead atoms. The third-order valence-electron chi connectivity index (χ3n) is 4.14. The van der Waals surface area contributed by atoms with Gasteiger partial charge in [0.1, 0.15) is 12.7 Å². The van der Waals surface area contributed by atoms with Crippen LogP contribution in [0.2, 0.25) is 0 Å². The molecular weight excluding hydrogens is 338 g/mol. The van der Waals surface area contributed by atoms with E-state index in [0.717, 1.165) is 5.56 Å². The van der Waals surface area contributed by atoms with Crippen LogP contribution in [0.15, 0.2) is 36.5 Å². The first-order valence-corrected chi connectivity index (χ1v) is 8.19. The number of hydrogen-bond acceptors (Lipinski definition) is 8. The molecule has 0 saturated carbocycles. The molecule has 0 N–H and O–H groups in total. The Labute approximate surface area is 151 Å². The van der Waals surface area contributed by atoms with Gasteiger partial charge in [0.05, 0.1) is 31.4 Å². The SMILES string of the molecule is COc1ncc([C@@H]2C[C@@H](COC(=O)c3ccccc3)ON2C)c(OC)n1. The Morgan fingerprint density at radius 1 is 1.27 bits per heavy atom. The van der Waals surface area contributed by atoms with Crippen molar-refractivity contribution >= 4 is 5.97 Å². The molecule has 2 aromatic rings. The van der Waals surface area contributed by atoms with Crippen molar-refractivity contribution in [1.82, 2.24) is 15.0 Å². The van der Waals surface area contributed by atoms with Crippen molar-refractivity contribution in [2.24, 2.45) is 0 Å². The number of ether oxygens (including phenoxy) is 3.